The van der Waals surface area contributed by atoms with E-state index >= 15 is 0 Å². The summed E-state index contributed by atoms with van der Waals surface area (Å²) in [6.07, 6.45) is 3.28. The van der Waals surface area contributed by atoms with E-state index in [9.17, 15) is 20.0 Å². The first-order valence-electron chi connectivity index (χ1n) is 9.19. The maximum Gasteiger partial charge on any atom is 0.336 e. The number of hydrogen-bond acceptors (Lipinski definition) is 5. The molecular weight excluding hydrogens is 464 g/mol. The van der Waals surface area contributed by atoms with Gasteiger partial charge in [0.05, 0.1) is 27.3 Å². The van der Waals surface area contributed by atoms with Crippen LogP contribution in [0.25, 0.3) is 34.4 Å². The minimum atomic E-state index is -1.05. The van der Waals surface area contributed by atoms with E-state index in [-0.39, 0.29) is 11.3 Å². The van der Waals surface area contributed by atoms with Gasteiger partial charge in [0.1, 0.15) is 11.5 Å². The van der Waals surface area contributed by atoms with Crippen molar-refractivity contribution in [1.29, 1.82) is 0 Å². The number of carboxylic acid groups (broad SMARTS) is 1. The van der Waals surface area contributed by atoms with E-state index in [1.165, 1.54) is 12.1 Å². The third-order valence-electron chi connectivity index (χ3n) is 4.68. The van der Waals surface area contributed by atoms with Gasteiger partial charge >= 0.3 is 5.97 Å². The summed E-state index contributed by atoms with van der Waals surface area (Å²) in [5.41, 5.74) is 2.29. The molecule has 0 amide bonds. The van der Waals surface area contributed by atoms with E-state index in [1.54, 1.807) is 61.5 Å². The smallest absolute Gasteiger partial charge is 0.336 e. The second kappa shape index (κ2) is 8.16. The van der Waals surface area contributed by atoms with Gasteiger partial charge in [0, 0.05) is 15.9 Å². The van der Waals surface area contributed by atoms with Crippen molar-refractivity contribution in [1.82, 2.24) is 4.98 Å². The molecule has 0 aliphatic carbocycles. The van der Waals surface area contributed by atoms with E-state index in [0.717, 1.165) is 10.0 Å². The summed E-state index contributed by atoms with van der Waals surface area (Å²) in [7, 11) is 0. The molecule has 2 aromatic heterocycles. The molecular formula is C23H15BrN2O5. The third kappa shape index (κ3) is 4.24. The Morgan fingerprint density at radius 2 is 1.94 bits per heavy atom. The van der Waals surface area contributed by atoms with Gasteiger partial charge in [-0.15, -0.1) is 0 Å². The number of fused-ring (bicyclic) bond motifs is 1. The summed E-state index contributed by atoms with van der Waals surface area (Å²) in [5.74, 6) is -0.222. The van der Waals surface area contributed by atoms with Gasteiger partial charge in [0.15, 0.2) is 0 Å². The second-order valence-electron chi connectivity index (χ2n) is 6.87. The van der Waals surface area contributed by atoms with Crippen molar-refractivity contribution in [2.75, 3.05) is 0 Å². The number of aryl methyl sites for hydroxylation is 1. The van der Waals surface area contributed by atoms with Crippen LogP contribution < -0.4 is 0 Å². The molecule has 7 nitrogen and oxygen atoms in total. The Bertz CT molecular complexity index is 1370. The first kappa shape index (κ1) is 20.5. The highest BCUT2D eigenvalue weighted by Crippen LogP contribution is 2.32. The van der Waals surface area contributed by atoms with Gasteiger partial charge in [-0.05, 0) is 67.1 Å². The van der Waals surface area contributed by atoms with Gasteiger partial charge < -0.3 is 9.52 Å². The molecule has 0 aliphatic heterocycles. The van der Waals surface area contributed by atoms with E-state index in [1.807, 2.05) is 0 Å². The van der Waals surface area contributed by atoms with Gasteiger partial charge in [0.2, 0.25) is 0 Å². The molecule has 4 rings (SSSR count). The molecule has 0 fully saturated rings. The van der Waals surface area contributed by atoms with Gasteiger partial charge in [-0.1, -0.05) is 22.0 Å². The topological polar surface area (TPSA) is 106 Å². The number of nitro groups is 1. The van der Waals surface area contributed by atoms with Crippen LogP contribution in [-0.2, 0) is 0 Å². The van der Waals surface area contributed by atoms with Crippen molar-refractivity contribution in [3.8, 4) is 11.3 Å². The van der Waals surface area contributed by atoms with Crippen molar-refractivity contribution < 1.29 is 19.2 Å². The number of rotatable bonds is 5. The predicted octanol–water partition coefficient (Wildman–Crippen LogP) is 6.34. The Balaban J connectivity index is 1.69. The molecule has 0 aliphatic rings. The average molecular weight is 479 g/mol. The molecule has 2 aromatic carbocycles. The largest absolute Gasteiger partial charge is 0.478 e. The van der Waals surface area contributed by atoms with Crippen molar-refractivity contribution in [2.45, 2.75) is 6.92 Å². The molecule has 4 aromatic rings. The Hall–Kier alpha value is -3.78. The van der Waals surface area contributed by atoms with E-state index in [4.69, 9.17) is 4.42 Å². The maximum atomic E-state index is 11.7. The molecule has 0 saturated heterocycles. The lowest BCUT2D eigenvalue weighted by atomic mass is 10.1. The van der Waals surface area contributed by atoms with E-state index < -0.39 is 10.9 Å². The zero-order valence-corrected chi connectivity index (χ0v) is 17.8. The quantitative estimate of drug-likeness (QED) is 0.264. The molecule has 154 valence electrons. The summed E-state index contributed by atoms with van der Waals surface area (Å²) in [6, 6.07) is 15.0. The highest BCUT2D eigenvalue weighted by Gasteiger charge is 2.18. The number of carboxylic acids is 1. The summed E-state index contributed by atoms with van der Waals surface area (Å²) in [4.78, 5) is 27.1. The zero-order chi connectivity index (χ0) is 22.1. The number of carbonyl (C=O) groups is 1. The van der Waals surface area contributed by atoms with Gasteiger partial charge in [0.25, 0.3) is 5.69 Å². The molecule has 0 atom stereocenters. The van der Waals surface area contributed by atoms with Crippen LogP contribution in [0, 0.1) is 17.0 Å². The number of aromatic carboxylic acids is 1. The van der Waals surface area contributed by atoms with Crippen LogP contribution in [0.3, 0.4) is 0 Å². The molecule has 1 N–H and O–H groups in total. The lowest BCUT2D eigenvalue weighted by molar-refractivity contribution is -0.384. The van der Waals surface area contributed by atoms with Crippen molar-refractivity contribution >= 4 is 50.6 Å². The summed E-state index contributed by atoms with van der Waals surface area (Å²) < 4.78 is 6.53. The number of furan rings is 1. The first-order chi connectivity index (χ1) is 14.8. The summed E-state index contributed by atoms with van der Waals surface area (Å²) in [6.45, 7) is 1.79. The third-order valence-corrected chi connectivity index (χ3v) is 5.17. The van der Waals surface area contributed by atoms with Crippen molar-refractivity contribution in [3.05, 3.63) is 91.8 Å². The molecule has 31 heavy (non-hydrogen) atoms. The molecule has 8 heteroatoms. The first-order valence-corrected chi connectivity index (χ1v) is 9.98. The van der Waals surface area contributed by atoms with E-state index in [0.29, 0.717) is 33.7 Å². The normalized spacial score (nSPS) is 11.3. The van der Waals surface area contributed by atoms with Crippen LogP contribution >= 0.6 is 15.9 Å². The number of halogens is 1. The summed E-state index contributed by atoms with van der Waals surface area (Å²) >= 11 is 3.35. The number of hydrogen-bond donors (Lipinski definition) is 1. The molecule has 0 radical (unpaired) electrons. The molecule has 0 unspecified atom stereocenters. The monoisotopic (exact) mass is 478 g/mol. The van der Waals surface area contributed by atoms with E-state index in [2.05, 4.69) is 20.9 Å². The van der Waals surface area contributed by atoms with Crippen molar-refractivity contribution in [2.24, 2.45) is 0 Å². The fourth-order valence-electron chi connectivity index (χ4n) is 3.24. The van der Waals surface area contributed by atoms with Gasteiger partial charge in [-0.25, -0.2) is 9.78 Å². The van der Waals surface area contributed by atoms with Crippen LogP contribution in [0.5, 0.6) is 0 Å². The zero-order valence-electron chi connectivity index (χ0n) is 16.2. The number of aromatic nitrogens is 1. The fourth-order valence-corrected chi connectivity index (χ4v) is 3.60. The Kier molecular flexibility index (Phi) is 5.39. The molecule has 0 spiro atoms. The molecule has 2 heterocycles. The number of benzene rings is 2. The average Bonchev–Trinajstić information content (AvgIpc) is 3.20. The Morgan fingerprint density at radius 1 is 1.13 bits per heavy atom. The standard InChI is InChI=1S/C23H15BrN2O5/c1-13-2-7-17(21(10-13)26(29)30)22-9-6-16(31-22)5-4-15-12-19(23(27)28)18-11-14(24)3-8-20(18)25-15/h2-12H,1H3,(H,27,28)/b5-4+. The predicted molar refractivity (Wildman–Crippen MR) is 121 cm³/mol. The lowest BCUT2D eigenvalue weighted by Gasteiger charge is -2.05. The lowest BCUT2D eigenvalue weighted by Crippen LogP contribution is -2.00. The fraction of sp³-hybridized carbons (Fsp3) is 0.0435. The van der Waals surface area contributed by atoms with Crippen LogP contribution in [0.2, 0.25) is 0 Å². The number of nitro benzene ring substituents is 1. The van der Waals surface area contributed by atoms with Crippen LogP contribution in [0.15, 0.2) is 63.5 Å². The molecule has 0 saturated carbocycles. The van der Waals surface area contributed by atoms with Gasteiger partial charge in [-0.3, -0.25) is 10.1 Å². The van der Waals surface area contributed by atoms with Crippen LogP contribution in [0.4, 0.5) is 5.69 Å². The van der Waals surface area contributed by atoms with Crippen molar-refractivity contribution in [3.63, 3.8) is 0 Å². The SMILES string of the molecule is Cc1ccc(-c2ccc(/C=C/c3cc(C(=O)O)c4cc(Br)ccc4n3)o2)c([N+](=O)[O-])c1. The van der Waals surface area contributed by atoms with Crippen LogP contribution in [-0.4, -0.2) is 21.0 Å². The minimum Gasteiger partial charge on any atom is -0.478 e. The summed E-state index contributed by atoms with van der Waals surface area (Å²) in [5, 5.41) is 21.5. The number of nitrogens with zero attached hydrogens (tertiary/aromatic N) is 2. The Morgan fingerprint density at radius 3 is 2.68 bits per heavy atom. The highest BCUT2D eigenvalue weighted by molar-refractivity contribution is 9.10. The number of pyridine rings is 1. The van der Waals surface area contributed by atoms with Gasteiger partial charge in [-0.2, -0.15) is 0 Å². The maximum absolute atomic E-state index is 11.7. The second-order valence-corrected chi connectivity index (χ2v) is 7.79. The Labute approximate surface area is 184 Å². The highest BCUT2D eigenvalue weighted by atomic mass is 79.9. The molecule has 0 bridgehead atoms. The van der Waals surface area contributed by atoms with Crippen LogP contribution in [0.1, 0.15) is 27.4 Å². The minimum absolute atomic E-state index is 0.0293.